The summed E-state index contributed by atoms with van der Waals surface area (Å²) in [7, 11) is 1.36. The number of aldehydes is 1. The van der Waals surface area contributed by atoms with Crippen LogP contribution in [0, 0.1) is 0 Å². The van der Waals surface area contributed by atoms with Crippen LogP contribution in [0.3, 0.4) is 0 Å². The number of unbranched alkanes of at least 4 members (excludes halogenated alkanes) is 1. The lowest BCUT2D eigenvalue weighted by Crippen LogP contribution is -2.59. The summed E-state index contributed by atoms with van der Waals surface area (Å²) < 4.78 is 15.5. The lowest BCUT2D eigenvalue weighted by atomic mass is 9.99. The largest absolute Gasteiger partial charge is 0.394 e. The van der Waals surface area contributed by atoms with Gasteiger partial charge in [-0.15, -0.1) is 0 Å². The van der Waals surface area contributed by atoms with Gasteiger partial charge in [0.15, 0.2) is 6.29 Å². The normalized spacial score (nSPS) is 36.6. The van der Waals surface area contributed by atoms with Crippen molar-refractivity contribution in [1.82, 2.24) is 0 Å². The second-order valence-corrected chi connectivity index (χ2v) is 4.09. The van der Waals surface area contributed by atoms with Gasteiger partial charge >= 0.3 is 0 Å². The maximum Gasteiger partial charge on any atom is 0.186 e. The average Bonchev–Trinajstić information content (AvgIpc) is 2.39. The average molecular weight is 264 g/mol. The number of methoxy groups -OCH3 is 1. The van der Waals surface area contributed by atoms with Crippen molar-refractivity contribution < 1.29 is 34.3 Å². The minimum Gasteiger partial charge on any atom is -0.394 e. The van der Waals surface area contributed by atoms with Gasteiger partial charge < -0.3 is 34.3 Å². The number of carbonyl (C=O) groups is 1. The van der Waals surface area contributed by atoms with Gasteiger partial charge in [-0.2, -0.15) is 0 Å². The van der Waals surface area contributed by atoms with Crippen LogP contribution in [0.5, 0.6) is 0 Å². The van der Waals surface area contributed by atoms with Crippen molar-refractivity contribution in [1.29, 1.82) is 0 Å². The van der Waals surface area contributed by atoms with Crippen molar-refractivity contribution in [2.75, 3.05) is 20.3 Å². The highest BCUT2D eigenvalue weighted by molar-refractivity contribution is 5.48. The summed E-state index contributed by atoms with van der Waals surface area (Å²) in [6.45, 7) is -0.126. The van der Waals surface area contributed by atoms with Crippen LogP contribution in [0.25, 0.3) is 0 Å². The number of aliphatic hydroxyl groups is 3. The number of hydrogen-bond acceptors (Lipinski definition) is 7. The van der Waals surface area contributed by atoms with E-state index < -0.39 is 30.7 Å². The summed E-state index contributed by atoms with van der Waals surface area (Å²) in [4.78, 5) is 10.1. The molecule has 0 aliphatic carbocycles. The van der Waals surface area contributed by atoms with Crippen molar-refractivity contribution in [3.8, 4) is 0 Å². The molecule has 1 rings (SSSR count). The molecule has 5 atom stereocenters. The smallest absolute Gasteiger partial charge is 0.186 e. The molecule has 0 aromatic heterocycles. The van der Waals surface area contributed by atoms with E-state index in [0.29, 0.717) is 12.8 Å². The molecule has 1 saturated heterocycles. The number of carbonyl (C=O) groups excluding carboxylic acids is 1. The van der Waals surface area contributed by atoms with Crippen LogP contribution in [-0.4, -0.2) is 72.6 Å². The molecule has 1 aliphatic heterocycles. The maximum absolute atomic E-state index is 10.1. The molecule has 1 aliphatic rings. The van der Waals surface area contributed by atoms with E-state index in [9.17, 15) is 15.0 Å². The van der Waals surface area contributed by atoms with Gasteiger partial charge in [0.2, 0.25) is 0 Å². The minimum absolute atomic E-state index is 0.225. The molecule has 0 spiro atoms. The molecule has 7 heteroatoms. The SMILES string of the molecule is CO[C@@H]1C(CO)O[C@@H](OCCCC=O)[C@@H](O)C1O. The predicted octanol–water partition coefficient (Wildman–Crippen LogP) is -1.56. The van der Waals surface area contributed by atoms with Crippen molar-refractivity contribution >= 4 is 6.29 Å². The Morgan fingerprint density at radius 2 is 2.06 bits per heavy atom. The first-order valence-corrected chi connectivity index (χ1v) is 5.86. The minimum atomic E-state index is -1.26. The van der Waals surface area contributed by atoms with Crippen molar-refractivity contribution in [2.45, 2.75) is 43.5 Å². The molecule has 0 amide bonds. The number of aliphatic hydroxyl groups excluding tert-OH is 3. The second kappa shape index (κ2) is 7.78. The highest BCUT2D eigenvalue weighted by Crippen LogP contribution is 2.23. The zero-order chi connectivity index (χ0) is 13.5. The Balaban J connectivity index is 2.50. The number of ether oxygens (including phenoxy) is 3. The van der Waals surface area contributed by atoms with Crippen LogP contribution in [0.2, 0.25) is 0 Å². The fraction of sp³-hybridized carbons (Fsp3) is 0.909. The Labute approximate surface area is 105 Å². The fourth-order valence-electron chi connectivity index (χ4n) is 1.85. The van der Waals surface area contributed by atoms with Crippen molar-refractivity contribution in [3.63, 3.8) is 0 Å². The summed E-state index contributed by atoms with van der Waals surface area (Å²) in [5.41, 5.74) is 0. The first-order chi connectivity index (χ1) is 8.65. The molecule has 3 N–H and O–H groups in total. The molecule has 2 unspecified atom stereocenters. The molecule has 0 radical (unpaired) electrons. The van der Waals surface area contributed by atoms with Crippen LogP contribution < -0.4 is 0 Å². The zero-order valence-electron chi connectivity index (χ0n) is 10.3. The van der Waals surface area contributed by atoms with Crippen molar-refractivity contribution in [3.05, 3.63) is 0 Å². The van der Waals surface area contributed by atoms with Crippen LogP contribution in [0.15, 0.2) is 0 Å². The molecule has 1 heterocycles. The van der Waals surface area contributed by atoms with Gasteiger partial charge in [0.1, 0.15) is 30.7 Å². The zero-order valence-corrected chi connectivity index (χ0v) is 10.3. The summed E-state index contributed by atoms with van der Waals surface area (Å²) in [5.74, 6) is 0. The van der Waals surface area contributed by atoms with Gasteiger partial charge in [0, 0.05) is 13.5 Å². The van der Waals surface area contributed by atoms with E-state index in [1.807, 2.05) is 0 Å². The molecule has 0 aromatic carbocycles. The van der Waals surface area contributed by atoms with Gasteiger partial charge in [-0.1, -0.05) is 0 Å². The summed E-state index contributed by atoms with van der Waals surface area (Å²) in [6, 6.07) is 0. The van der Waals surface area contributed by atoms with E-state index >= 15 is 0 Å². The third-order valence-corrected chi connectivity index (χ3v) is 2.84. The Hall–Kier alpha value is -0.570. The third kappa shape index (κ3) is 3.71. The maximum atomic E-state index is 10.1. The first kappa shape index (κ1) is 15.5. The van der Waals surface area contributed by atoms with E-state index in [4.69, 9.17) is 19.3 Å². The lowest BCUT2D eigenvalue weighted by Gasteiger charge is -2.41. The molecule has 0 saturated carbocycles. The van der Waals surface area contributed by atoms with Gasteiger partial charge in [-0.25, -0.2) is 0 Å². The van der Waals surface area contributed by atoms with Crippen LogP contribution >= 0.6 is 0 Å². The number of hydrogen-bond donors (Lipinski definition) is 3. The Kier molecular flexibility index (Phi) is 6.69. The van der Waals surface area contributed by atoms with Crippen molar-refractivity contribution in [2.24, 2.45) is 0 Å². The highest BCUT2D eigenvalue weighted by Gasteiger charge is 2.44. The van der Waals surface area contributed by atoms with Gasteiger partial charge in [0.25, 0.3) is 0 Å². The summed E-state index contributed by atoms with van der Waals surface area (Å²) in [6.07, 6.45) is -3.42. The monoisotopic (exact) mass is 264 g/mol. The molecular formula is C11H20O7. The third-order valence-electron chi connectivity index (χ3n) is 2.84. The fourth-order valence-corrected chi connectivity index (χ4v) is 1.85. The van der Waals surface area contributed by atoms with E-state index in [1.54, 1.807) is 0 Å². The topological polar surface area (TPSA) is 105 Å². The molecule has 18 heavy (non-hydrogen) atoms. The Morgan fingerprint density at radius 1 is 1.33 bits per heavy atom. The lowest BCUT2D eigenvalue weighted by molar-refractivity contribution is -0.304. The van der Waals surface area contributed by atoms with Gasteiger partial charge in [-0.05, 0) is 6.42 Å². The van der Waals surface area contributed by atoms with Crippen LogP contribution in [-0.2, 0) is 19.0 Å². The predicted molar refractivity (Wildman–Crippen MR) is 59.8 cm³/mol. The summed E-state index contributed by atoms with van der Waals surface area (Å²) in [5, 5.41) is 28.7. The number of rotatable bonds is 7. The molecule has 7 nitrogen and oxygen atoms in total. The molecule has 0 bridgehead atoms. The second-order valence-electron chi connectivity index (χ2n) is 4.09. The molecule has 0 aromatic rings. The Bertz CT molecular complexity index is 246. The van der Waals surface area contributed by atoms with Gasteiger partial charge in [0.05, 0.1) is 13.2 Å². The molecular weight excluding hydrogens is 244 g/mol. The molecule has 1 fully saturated rings. The van der Waals surface area contributed by atoms with Crippen LogP contribution in [0.1, 0.15) is 12.8 Å². The Morgan fingerprint density at radius 3 is 2.61 bits per heavy atom. The highest BCUT2D eigenvalue weighted by atomic mass is 16.7. The first-order valence-electron chi connectivity index (χ1n) is 5.86. The van der Waals surface area contributed by atoms with E-state index in [1.165, 1.54) is 7.11 Å². The quantitative estimate of drug-likeness (QED) is 0.377. The van der Waals surface area contributed by atoms with E-state index in [0.717, 1.165) is 6.29 Å². The standard InChI is InChI=1S/C11H20O7/c1-16-10-7(6-13)18-11(9(15)8(10)14)17-5-3-2-4-12/h4,7-11,13-15H,2-3,5-6H2,1H3/t7?,8?,9-,10+,11+/m0/s1. The van der Waals surface area contributed by atoms with E-state index in [-0.39, 0.29) is 13.2 Å². The van der Waals surface area contributed by atoms with E-state index in [2.05, 4.69) is 0 Å². The van der Waals surface area contributed by atoms with Crippen LogP contribution in [0.4, 0.5) is 0 Å². The summed E-state index contributed by atoms with van der Waals surface area (Å²) >= 11 is 0. The molecule has 106 valence electrons. The van der Waals surface area contributed by atoms with Gasteiger partial charge in [-0.3, -0.25) is 0 Å².